The van der Waals surface area contributed by atoms with Gasteiger partial charge in [0.15, 0.2) is 5.82 Å². The van der Waals surface area contributed by atoms with Gasteiger partial charge in [-0.3, -0.25) is 10.00 Å². The number of hydrogen-bond acceptors (Lipinski definition) is 4. The van der Waals surface area contributed by atoms with Gasteiger partial charge < -0.3 is 9.80 Å². The summed E-state index contributed by atoms with van der Waals surface area (Å²) in [6, 6.07) is 4.04. The molecule has 1 aliphatic rings. The number of nitrogens with zero attached hydrogens (tertiary/aromatic N) is 5. The molecule has 0 radical (unpaired) electrons. The molecule has 0 unspecified atom stereocenters. The Morgan fingerprint density at radius 3 is 3.09 bits per heavy atom. The van der Waals surface area contributed by atoms with Gasteiger partial charge in [-0.1, -0.05) is 6.92 Å². The van der Waals surface area contributed by atoms with E-state index in [2.05, 4.69) is 35.4 Å². The van der Waals surface area contributed by atoms with Crippen LogP contribution < -0.4 is 5.32 Å². The Hall–Kier alpha value is -2.07. The highest BCUT2D eigenvalue weighted by Gasteiger charge is 2.30. The Morgan fingerprint density at radius 2 is 2.39 bits per heavy atom. The van der Waals surface area contributed by atoms with Gasteiger partial charge in [0.25, 0.3) is 0 Å². The predicted molar refractivity (Wildman–Crippen MR) is 88.9 cm³/mol. The molecule has 0 saturated carbocycles. The lowest BCUT2D eigenvalue weighted by Crippen LogP contribution is -2.50. The molecule has 7 heteroatoms. The Kier molecular flexibility index (Phi) is 5.99. The zero-order valence-corrected chi connectivity index (χ0v) is 14.2. The average Bonchev–Trinajstić information content (AvgIpc) is 2.94. The van der Waals surface area contributed by atoms with Crippen molar-refractivity contribution in [2.24, 2.45) is 5.92 Å². The molecule has 1 N–H and O–H groups in total. The number of carbonyl (C=O) groups excluding carboxylic acids is 1. The number of nitrogens with one attached hydrogen (secondary N) is 1. The molecule has 23 heavy (non-hydrogen) atoms. The van der Waals surface area contributed by atoms with Gasteiger partial charge in [0.1, 0.15) is 0 Å². The third kappa shape index (κ3) is 4.70. The molecule has 0 spiro atoms. The van der Waals surface area contributed by atoms with Crippen LogP contribution >= 0.6 is 0 Å². The van der Waals surface area contributed by atoms with Crippen molar-refractivity contribution in [1.29, 1.82) is 5.26 Å². The number of nitriles is 1. The van der Waals surface area contributed by atoms with E-state index >= 15 is 0 Å². The quantitative estimate of drug-likeness (QED) is 0.842. The number of hydrogen-bond donors (Lipinski definition) is 1. The summed E-state index contributed by atoms with van der Waals surface area (Å²) in [5.74, 6) is 1.01. The summed E-state index contributed by atoms with van der Waals surface area (Å²) in [4.78, 5) is 16.5. The van der Waals surface area contributed by atoms with Crippen LogP contribution in [0.25, 0.3) is 0 Å². The van der Waals surface area contributed by atoms with Crippen molar-refractivity contribution in [1.82, 2.24) is 19.6 Å². The van der Waals surface area contributed by atoms with E-state index in [1.165, 1.54) is 0 Å². The van der Waals surface area contributed by atoms with Crippen molar-refractivity contribution in [3.05, 3.63) is 12.3 Å². The number of amides is 2. The molecule has 1 saturated heterocycles. The maximum Gasteiger partial charge on any atom is 0.323 e. The second-order valence-electron chi connectivity index (χ2n) is 6.36. The fourth-order valence-electron chi connectivity index (χ4n) is 3.14. The summed E-state index contributed by atoms with van der Waals surface area (Å²) in [5, 5.41) is 15.7. The number of anilines is 1. The van der Waals surface area contributed by atoms with Gasteiger partial charge in [0.05, 0.1) is 6.07 Å². The molecule has 0 aliphatic carbocycles. The number of rotatable bonds is 5. The van der Waals surface area contributed by atoms with Crippen LogP contribution in [0.2, 0.25) is 0 Å². The minimum absolute atomic E-state index is 0.117. The van der Waals surface area contributed by atoms with Crippen molar-refractivity contribution >= 4 is 11.8 Å². The Bertz CT molecular complexity index is 563. The second-order valence-corrected chi connectivity index (χ2v) is 6.36. The molecule has 1 fully saturated rings. The first-order valence-corrected chi connectivity index (χ1v) is 8.14. The summed E-state index contributed by atoms with van der Waals surface area (Å²) >= 11 is 0. The van der Waals surface area contributed by atoms with Crippen LogP contribution in [0.5, 0.6) is 0 Å². The second kappa shape index (κ2) is 7.97. The van der Waals surface area contributed by atoms with E-state index in [1.54, 1.807) is 15.6 Å². The van der Waals surface area contributed by atoms with Gasteiger partial charge >= 0.3 is 6.03 Å². The van der Waals surface area contributed by atoms with Crippen LogP contribution in [0.4, 0.5) is 10.6 Å². The number of unbranched alkanes of at least 4 members (excludes halogenated alkanes) is 1. The number of aromatic nitrogens is 2. The molecule has 2 amide bonds. The Morgan fingerprint density at radius 1 is 1.61 bits per heavy atom. The van der Waals surface area contributed by atoms with E-state index in [0.717, 1.165) is 25.9 Å². The van der Waals surface area contributed by atoms with Gasteiger partial charge in [-0.25, -0.2) is 4.79 Å². The first-order valence-electron chi connectivity index (χ1n) is 8.14. The van der Waals surface area contributed by atoms with Crippen LogP contribution in [0.1, 0.15) is 26.2 Å². The smallest absolute Gasteiger partial charge is 0.323 e. The van der Waals surface area contributed by atoms with E-state index in [-0.39, 0.29) is 12.1 Å². The predicted octanol–water partition coefficient (Wildman–Crippen LogP) is 1.99. The van der Waals surface area contributed by atoms with E-state index < -0.39 is 0 Å². The third-order valence-corrected chi connectivity index (χ3v) is 4.43. The largest absolute Gasteiger partial charge is 0.324 e. The molecule has 7 nitrogen and oxygen atoms in total. The van der Waals surface area contributed by atoms with Gasteiger partial charge in [0.2, 0.25) is 0 Å². The van der Waals surface area contributed by atoms with Crippen molar-refractivity contribution in [2.75, 3.05) is 32.5 Å². The number of aryl methyl sites for hydroxylation is 1. The van der Waals surface area contributed by atoms with Crippen molar-refractivity contribution in [2.45, 2.75) is 38.8 Å². The van der Waals surface area contributed by atoms with E-state index in [1.807, 2.05) is 13.2 Å². The molecule has 2 atom stereocenters. The highest BCUT2D eigenvalue weighted by atomic mass is 16.2. The summed E-state index contributed by atoms with van der Waals surface area (Å²) in [5.41, 5.74) is 0. The molecule has 2 rings (SSSR count). The molecular weight excluding hydrogens is 292 g/mol. The summed E-state index contributed by atoms with van der Waals surface area (Å²) < 4.78 is 1.76. The number of likely N-dealkylation sites (tertiary alicyclic amines) is 1. The SMILES string of the molecule is C[C@@H]1CN(C)CC[C@H]1N(C)C(=O)Nc1ccn(CCCC#N)n1. The van der Waals surface area contributed by atoms with Crippen molar-refractivity contribution in [3.63, 3.8) is 0 Å². The van der Waals surface area contributed by atoms with Gasteiger partial charge in [0, 0.05) is 44.9 Å². The van der Waals surface area contributed by atoms with Crippen LogP contribution in [-0.4, -0.2) is 58.8 Å². The zero-order chi connectivity index (χ0) is 16.8. The van der Waals surface area contributed by atoms with E-state index in [0.29, 0.717) is 24.7 Å². The molecule has 2 heterocycles. The van der Waals surface area contributed by atoms with Crippen LogP contribution in [0.15, 0.2) is 12.3 Å². The maximum atomic E-state index is 12.4. The van der Waals surface area contributed by atoms with E-state index in [9.17, 15) is 4.79 Å². The lowest BCUT2D eigenvalue weighted by atomic mass is 9.93. The standard InChI is InChI=1S/C16H26N6O/c1-13-12-20(2)10-6-14(13)21(3)16(23)18-15-7-11-22(19-15)9-5-4-8-17/h7,11,13-14H,4-6,9-10,12H2,1-3H3,(H,18,19,23)/t13-,14-/m1/s1. The fourth-order valence-corrected chi connectivity index (χ4v) is 3.14. The van der Waals surface area contributed by atoms with Crippen LogP contribution in [0, 0.1) is 17.2 Å². The zero-order valence-electron chi connectivity index (χ0n) is 14.2. The molecule has 1 aliphatic heterocycles. The van der Waals surface area contributed by atoms with Crippen LogP contribution in [-0.2, 0) is 6.54 Å². The lowest BCUT2D eigenvalue weighted by molar-refractivity contribution is 0.113. The summed E-state index contributed by atoms with van der Waals surface area (Å²) in [7, 11) is 3.97. The molecule has 0 aromatic carbocycles. The molecule has 126 valence electrons. The molecule has 0 bridgehead atoms. The highest BCUT2D eigenvalue weighted by Crippen LogP contribution is 2.21. The Labute approximate surface area is 137 Å². The van der Waals surface area contributed by atoms with E-state index in [4.69, 9.17) is 5.26 Å². The molecule has 1 aromatic rings. The summed E-state index contributed by atoms with van der Waals surface area (Å²) in [6.07, 6.45) is 4.09. The summed E-state index contributed by atoms with van der Waals surface area (Å²) in [6.45, 7) is 4.90. The Balaban J connectivity index is 1.87. The number of urea groups is 1. The molecule has 1 aromatic heterocycles. The number of carbonyl (C=O) groups is 1. The molecular formula is C16H26N6O. The average molecular weight is 318 g/mol. The lowest BCUT2D eigenvalue weighted by Gasteiger charge is -2.39. The fraction of sp³-hybridized carbons (Fsp3) is 0.688. The third-order valence-electron chi connectivity index (χ3n) is 4.43. The highest BCUT2D eigenvalue weighted by molar-refractivity contribution is 5.88. The van der Waals surface area contributed by atoms with Gasteiger partial charge in [-0.2, -0.15) is 10.4 Å². The topological polar surface area (TPSA) is 77.2 Å². The minimum Gasteiger partial charge on any atom is -0.324 e. The van der Waals surface area contributed by atoms with Crippen molar-refractivity contribution in [3.8, 4) is 6.07 Å². The monoisotopic (exact) mass is 318 g/mol. The van der Waals surface area contributed by atoms with Gasteiger partial charge in [-0.05, 0) is 32.4 Å². The van der Waals surface area contributed by atoms with Gasteiger partial charge in [-0.15, -0.1) is 0 Å². The van der Waals surface area contributed by atoms with Crippen molar-refractivity contribution < 1.29 is 4.79 Å². The maximum absolute atomic E-state index is 12.4. The number of piperidine rings is 1. The normalized spacial score (nSPS) is 21.7. The first-order chi connectivity index (χ1) is 11.0. The van der Waals surface area contributed by atoms with Crippen LogP contribution in [0.3, 0.4) is 0 Å². The first kappa shape index (κ1) is 17.3. The minimum atomic E-state index is -0.117.